The Hall–Kier alpha value is -2.04. The molecular formula is C13H16N2O3. The largest absolute Gasteiger partial charge is 0.493 e. The zero-order valence-electron chi connectivity index (χ0n) is 10.8. The summed E-state index contributed by atoms with van der Waals surface area (Å²) >= 11 is 0. The first-order chi connectivity index (χ1) is 8.71. The Labute approximate surface area is 105 Å². The molecule has 0 aliphatic heterocycles. The first-order valence-corrected chi connectivity index (χ1v) is 5.82. The molecule has 5 heteroatoms. The third kappa shape index (κ3) is 2.03. The van der Waals surface area contributed by atoms with Crippen molar-refractivity contribution in [3.63, 3.8) is 0 Å². The van der Waals surface area contributed by atoms with Gasteiger partial charge in [0, 0.05) is 12.6 Å². The smallest absolute Gasteiger partial charge is 0.261 e. The van der Waals surface area contributed by atoms with Gasteiger partial charge < -0.3 is 9.47 Å². The van der Waals surface area contributed by atoms with Gasteiger partial charge in [-0.15, -0.1) is 0 Å². The number of methoxy groups -OCH3 is 2. The van der Waals surface area contributed by atoms with Gasteiger partial charge in [0.2, 0.25) is 0 Å². The van der Waals surface area contributed by atoms with Crippen LogP contribution in [0.3, 0.4) is 0 Å². The second-order valence-electron chi connectivity index (χ2n) is 3.97. The highest BCUT2D eigenvalue weighted by molar-refractivity contribution is 5.81. The third-order valence-electron chi connectivity index (χ3n) is 2.79. The average molecular weight is 248 g/mol. The third-order valence-corrected chi connectivity index (χ3v) is 2.79. The van der Waals surface area contributed by atoms with Crippen molar-refractivity contribution in [3.05, 3.63) is 28.8 Å². The molecule has 96 valence electrons. The number of hydrogen-bond donors (Lipinski definition) is 0. The summed E-state index contributed by atoms with van der Waals surface area (Å²) in [7, 11) is 3.10. The molecule has 1 aromatic carbocycles. The quantitative estimate of drug-likeness (QED) is 0.828. The molecular weight excluding hydrogens is 232 g/mol. The van der Waals surface area contributed by atoms with Crippen molar-refractivity contribution in [3.8, 4) is 11.5 Å². The van der Waals surface area contributed by atoms with Gasteiger partial charge in [-0.1, -0.05) is 6.92 Å². The minimum absolute atomic E-state index is 0.0530. The molecule has 0 aliphatic rings. The summed E-state index contributed by atoms with van der Waals surface area (Å²) in [6, 6.07) is 3.39. The maximum Gasteiger partial charge on any atom is 0.261 e. The van der Waals surface area contributed by atoms with Crippen LogP contribution in [-0.2, 0) is 6.54 Å². The van der Waals surface area contributed by atoms with E-state index in [1.807, 2.05) is 6.92 Å². The number of nitrogens with zero attached hydrogens (tertiary/aromatic N) is 2. The highest BCUT2D eigenvalue weighted by Crippen LogP contribution is 2.29. The van der Waals surface area contributed by atoms with Gasteiger partial charge in [0.15, 0.2) is 11.5 Å². The van der Waals surface area contributed by atoms with Gasteiger partial charge in [-0.3, -0.25) is 9.36 Å². The summed E-state index contributed by atoms with van der Waals surface area (Å²) in [5.41, 5.74) is 0.563. The van der Waals surface area contributed by atoms with Crippen molar-refractivity contribution in [2.24, 2.45) is 0 Å². The van der Waals surface area contributed by atoms with Gasteiger partial charge in [-0.25, -0.2) is 4.98 Å². The Morgan fingerprint density at radius 2 is 1.89 bits per heavy atom. The van der Waals surface area contributed by atoms with Crippen molar-refractivity contribution in [2.45, 2.75) is 19.9 Å². The van der Waals surface area contributed by atoms with E-state index < -0.39 is 0 Å². The van der Waals surface area contributed by atoms with Gasteiger partial charge in [-0.2, -0.15) is 0 Å². The number of benzene rings is 1. The molecule has 0 N–H and O–H groups in total. The van der Waals surface area contributed by atoms with Crippen LogP contribution in [0.2, 0.25) is 0 Å². The molecule has 1 aromatic heterocycles. The second-order valence-corrected chi connectivity index (χ2v) is 3.97. The molecule has 0 saturated heterocycles. The number of aryl methyl sites for hydroxylation is 1. The molecule has 0 fully saturated rings. The fourth-order valence-corrected chi connectivity index (χ4v) is 1.89. The molecule has 0 amide bonds. The Morgan fingerprint density at radius 1 is 1.22 bits per heavy atom. The van der Waals surface area contributed by atoms with Crippen molar-refractivity contribution in [2.75, 3.05) is 14.2 Å². The van der Waals surface area contributed by atoms with Crippen molar-refractivity contribution in [1.82, 2.24) is 9.55 Å². The Bertz CT molecular complexity index is 619. The van der Waals surface area contributed by atoms with Crippen LogP contribution in [0.4, 0.5) is 0 Å². The van der Waals surface area contributed by atoms with Crippen LogP contribution >= 0.6 is 0 Å². The molecule has 18 heavy (non-hydrogen) atoms. The van der Waals surface area contributed by atoms with E-state index in [0.29, 0.717) is 28.9 Å². The van der Waals surface area contributed by atoms with Crippen molar-refractivity contribution in [1.29, 1.82) is 0 Å². The van der Waals surface area contributed by atoms with Crippen LogP contribution in [0.25, 0.3) is 10.9 Å². The van der Waals surface area contributed by atoms with E-state index in [0.717, 1.165) is 6.42 Å². The maximum atomic E-state index is 12.2. The van der Waals surface area contributed by atoms with Crippen LogP contribution in [0, 0.1) is 0 Å². The SMILES string of the molecule is CCCn1cnc2cc(OC)c(OC)cc2c1=O. The number of ether oxygens (including phenoxy) is 2. The summed E-state index contributed by atoms with van der Waals surface area (Å²) in [5, 5.41) is 0.545. The molecule has 2 aromatic rings. The predicted octanol–water partition coefficient (Wildman–Crippen LogP) is 1.82. The molecule has 0 aliphatic carbocycles. The molecule has 5 nitrogen and oxygen atoms in total. The minimum atomic E-state index is -0.0530. The van der Waals surface area contributed by atoms with E-state index in [1.54, 1.807) is 37.2 Å². The van der Waals surface area contributed by atoms with Gasteiger partial charge in [-0.05, 0) is 12.5 Å². The topological polar surface area (TPSA) is 53.4 Å². The summed E-state index contributed by atoms with van der Waals surface area (Å²) in [6.07, 6.45) is 2.46. The molecule has 2 rings (SSSR count). The average Bonchev–Trinajstić information content (AvgIpc) is 2.41. The highest BCUT2D eigenvalue weighted by Gasteiger charge is 2.10. The predicted molar refractivity (Wildman–Crippen MR) is 69.4 cm³/mol. The van der Waals surface area contributed by atoms with Gasteiger partial charge in [0.05, 0.1) is 31.4 Å². The van der Waals surface area contributed by atoms with E-state index in [-0.39, 0.29) is 5.56 Å². The lowest BCUT2D eigenvalue weighted by Gasteiger charge is -2.10. The summed E-state index contributed by atoms with van der Waals surface area (Å²) in [6.45, 7) is 2.68. The zero-order chi connectivity index (χ0) is 13.1. The lowest BCUT2D eigenvalue weighted by molar-refractivity contribution is 0.355. The van der Waals surface area contributed by atoms with Crippen LogP contribution < -0.4 is 15.0 Å². The van der Waals surface area contributed by atoms with Gasteiger partial charge >= 0.3 is 0 Å². The molecule has 1 heterocycles. The van der Waals surface area contributed by atoms with Crippen LogP contribution in [0.15, 0.2) is 23.3 Å². The minimum Gasteiger partial charge on any atom is -0.493 e. The van der Waals surface area contributed by atoms with Crippen molar-refractivity contribution >= 4 is 10.9 Å². The normalized spacial score (nSPS) is 10.6. The van der Waals surface area contributed by atoms with Gasteiger partial charge in [0.1, 0.15) is 0 Å². The molecule has 0 atom stereocenters. The second kappa shape index (κ2) is 5.08. The summed E-state index contributed by atoms with van der Waals surface area (Å²) < 4.78 is 12.0. The van der Waals surface area contributed by atoms with E-state index >= 15 is 0 Å². The first-order valence-electron chi connectivity index (χ1n) is 5.82. The number of fused-ring (bicyclic) bond motifs is 1. The Kier molecular flexibility index (Phi) is 3.50. The number of rotatable bonds is 4. The summed E-state index contributed by atoms with van der Waals surface area (Å²) in [4.78, 5) is 16.5. The molecule has 0 radical (unpaired) electrons. The highest BCUT2D eigenvalue weighted by atomic mass is 16.5. The summed E-state index contributed by atoms with van der Waals surface area (Å²) in [5.74, 6) is 1.11. The first kappa shape index (κ1) is 12.4. The lowest BCUT2D eigenvalue weighted by Crippen LogP contribution is -2.20. The fourth-order valence-electron chi connectivity index (χ4n) is 1.89. The molecule has 0 spiro atoms. The van der Waals surface area contributed by atoms with Crippen molar-refractivity contribution < 1.29 is 9.47 Å². The Morgan fingerprint density at radius 3 is 2.50 bits per heavy atom. The van der Waals surface area contributed by atoms with E-state index in [1.165, 1.54) is 0 Å². The zero-order valence-corrected chi connectivity index (χ0v) is 10.8. The number of hydrogen-bond acceptors (Lipinski definition) is 4. The van der Waals surface area contributed by atoms with Crippen LogP contribution in [-0.4, -0.2) is 23.8 Å². The van der Waals surface area contributed by atoms with Crippen LogP contribution in [0.5, 0.6) is 11.5 Å². The maximum absolute atomic E-state index is 12.2. The van der Waals surface area contributed by atoms with E-state index in [9.17, 15) is 4.79 Å². The lowest BCUT2D eigenvalue weighted by atomic mass is 10.2. The standard InChI is InChI=1S/C13H16N2O3/c1-4-5-15-8-14-10-7-12(18-3)11(17-2)6-9(10)13(15)16/h6-8H,4-5H2,1-3H3. The van der Waals surface area contributed by atoms with Crippen LogP contribution in [0.1, 0.15) is 13.3 Å². The molecule has 0 unspecified atom stereocenters. The molecule has 0 bridgehead atoms. The van der Waals surface area contributed by atoms with Gasteiger partial charge in [0.25, 0.3) is 5.56 Å². The Balaban J connectivity index is 2.70. The number of aromatic nitrogens is 2. The van der Waals surface area contributed by atoms with E-state index in [4.69, 9.17) is 9.47 Å². The monoisotopic (exact) mass is 248 g/mol. The fraction of sp³-hybridized carbons (Fsp3) is 0.385. The molecule has 0 saturated carbocycles. The van der Waals surface area contributed by atoms with E-state index in [2.05, 4.69) is 4.98 Å².